The Hall–Kier alpha value is -0.860. The molecule has 1 saturated heterocycles. The van der Waals surface area contributed by atoms with Crippen LogP contribution in [0.4, 0.5) is 4.39 Å². The van der Waals surface area contributed by atoms with Gasteiger partial charge in [-0.05, 0) is 44.2 Å². The van der Waals surface area contributed by atoms with Gasteiger partial charge in [0.05, 0.1) is 5.02 Å². The summed E-state index contributed by atoms with van der Waals surface area (Å²) in [6.07, 6.45) is 0. The molecule has 17 heavy (non-hydrogen) atoms. The summed E-state index contributed by atoms with van der Waals surface area (Å²) in [5.41, 5.74) is 3.75. The van der Waals surface area contributed by atoms with Gasteiger partial charge in [-0.25, -0.2) is 4.39 Å². The zero-order valence-electron chi connectivity index (χ0n) is 10.4. The smallest absolute Gasteiger partial charge is 0.142 e. The average Bonchev–Trinajstić information content (AvgIpc) is 2.64. The van der Waals surface area contributed by atoms with E-state index in [1.165, 1.54) is 11.1 Å². The van der Waals surface area contributed by atoms with Gasteiger partial charge in [-0.3, -0.25) is 0 Å². The summed E-state index contributed by atoms with van der Waals surface area (Å²) in [4.78, 5) is 2.26. The number of likely N-dealkylation sites (tertiary alicyclic amines) is 1. The first-order valence-corrected chi connectivity index (χ1v) is 6.16. The fourth-order valence-corrected chi connectivity index (χ4v) is 2.55. The maximum absolute atomic E-state index is 13.5. The molecule has 0 unspecified atom stereocenters. The Morgan fingerprint density at radius 2 is 2.12 bits per heavy atom. The van der Waals surface area contributed by atoms with E-state index in [2.05, 4.69) is 25.8 Å². The van der Waals surface area contributed by atoms with E-state index in [1.807, 2.05) is 6.07 Å². The molecule has 1 nitrogen and oxygen atoms in total. The zero-order chi connectivity index (χ0) is 12.6. The summed E-state index contributed by atoms with van der Waals surface area (Å²) in [6, 6.07) is 5.14. The van der Waals surface area contributed by atoms with E-state index >= 15 is 0 Å². The van der Waals surface area contributed by atoms with Crippen molar-refractivity contribution < 1.29 is 4.39 Å². The highest BCUT2D eigenvalue weighted by molar-refractivity contribution is 6.30. The minimum atomic E-state index is -0.327. The van der Waals surface area contributed by atoms with Crippen molar-refractivity contribution in [2.45, 2.75) is 19.8 Å². The number of hydrogen-bond acceptors (Lipinski definition) is 1. The van der Waals surface area contributed by atoms with Crippen molar-refractivity contribution in [3.8, 4) is 0 Å². The molecule has 1 heterocycles. The second-order valence-corrected chi connectivity index (χ2v) is 5.36. The third-order valence-electron chi connectivity index (χ3n) is 3.34. The predicted octanol–water partition coefficient (Wildman–Crippen LogP) is 3.84. The summed E-state index contributed by atoms with van der Waals surface area (Å²) in [6.45, 7) is 6.15. The van der Waals surface area contributed by atoms with Gasteiger partial charge < -0.3 is 4.90 Å². The molecule has 1 aliphatic rings. The van der Waals surface area contributed by atoms with Gasteiger partial charge in [0.1, 0.15) is 5.82 Å². The van der Waals surface area contributed by atoms with Gasteiger partial charge in [0.15, 0.2) is 0 Å². The summed E-state index contributed by atoms with van der Waals surface area (Å²) in [7, 11) is 2.09. The molecule has 1 aromatic carbocycles. The van der Waals surface area contributed by atoms with Crippen molar-refractivity contribution in [3.63, 3.8) is 0 Å². The van der Waals surface area contributed by atoms with Gasteiger partial charge in [-0.2, -0.15) is 0 Å². The molecular formula is C14H17ClFN. The van der Waals surface area contributed by atoms with Gasteiger partial charge in [0.2, 0.25) is 0 Å². The predicted molar refractivity (Wildman–Crippen MR) is 70.0 cm³/mol. The van der Waals surface area contributed by atoms with Crippen LogP contribution in [0.3, 0.4) is 0 Å². The lowest BCUT2D eigenvalue weighted by molar-refractivity contribution is 0.415. The maximum Gasteiger partial charge on any atom is 0.142 e. The minimum absolute atomic E-state index is 0.193. The highest BCUT2D eigenvalue weighted by Crippen LogP contribution is 2.34. The van der Waals surface area contributed by atoms with Crippen molar-refractivity contribution in [2.75, 3.05) is 20.1 Å². The molecule has 0 spiro atoms. The molecule has 0 saturated carbocycles. The van der Waals surface area contributed by atoms with E-state index in [9.17, 15) is 4.39 Å². The molecule has 1 aromatic rings. The first kappa shape index (κ1) is 12.6. The minimum Gasteiger partial charge on any atom is -0.301 e. The monoisotopic (exact) mass is 253 g/mol. The molecule has 0 N–H and O–H groups in total. The number of allylic oxidation sites excluding steroid dienone is 1. The topological polar surface area (TPSA) is 3.24 Å². The van der Waals surface area contributed by atoms with Gasteiger partial charge in [0, 0.05) is 19.0 Å². The summed E-state index contributed by atoms with van der Waals surface area (Å²) in [5.74, 6) is -0.0245. The molecule has 2 rings (SSSR count). The molecule has 1 aliphatic heterocycles. The number of nitrogens with zero attached hydrogens (tertiary/aromatic N) is 1. The van der Waals surface area contributed by atoms with Crippen LogP contribution in [-0.2, 0) is 0 Å². The summed E-state index contributed by atoms with van der Waals surface area (Å²) < 4.78 is 13.5. The number of likely N-dealkylation sites (N-methyl/N-ethyl adjacent to an activating group) is 1. The van der Waals surface area contributed by atoms with Gasteiger partial charge >= 0.3 is 0 Å². The largest absolute Gasteiger partial charge is 0.301 e. The van der Waals surface area contributed by atoms with Gasteiger partial charge in [-0.1, -0.05) is 23.2 Å². The van der Waals surface area contributed by atoms with Crippen LogP contribution in [0.1, 0.15) is 25.3 Å². The molecule has 92 valence electrons. The molecule has 0 aliphatic carbocycles. The Kier molecular flexibility index (Phi) is 3.55. The van der Waals surface area contributed by atoms with E-state index in [4.69, 9.17) is 11.6 Å². The van der Waals surface area contributed by atoms with Crippen LogP contribution >= 0.6 is 11.6 Å². The van der Waals surface area contributed by atoms with Gasteiger partial charge in [0.25, 0.3) is 0 Å². The zero-order valence-corrected chi connectivity index (χ0v) is 11.2. The van der Waals surface area contributed by atoms with Crippen molar-refractivity contribution in [3.05, 3.63) is 45.7 Å². The van der Waals surface area contributed by atoms with Crippen LogP contribution in [0, 0.1) is 5.82 Å². The fraction of sp³-hybridized carbons (Fsp3) is 0.429. The molecular weight excluding hydrogens is 237 g/mol. The van der Waals surface area contributed by atoms with Crippen LogP contribution in [0.5, 0.6) is 0 Å². The maximum atomic E-state index is 13.5. The Morgan fingerprint density at radius 1 is 1.41 bits per heavy atom. The van der Waals surface area contributed by atoms with E-state index in [-0.39, 0.29) is 10.8 Å². The number of hydrogen-bond donors (Lipinski definition) is 0. The molecule has 0 bridgehead atoms. The molecule has 0 aromatic heterocycles. The first-order valence-electron chi connectivity index (χ1n) is 5.78. The molecule has 1 fully saturated rings. The van der Waals surface area contributed by atoms with Crippen molar-refractivity contribution in [1.29, 1.82) is 0 Å². The molecule has 0 radical (unpaired) electrons. The van der Waals surface area contributed by atoms with Crippen LogP contribution in [0.25, 0.3) is 0 Å². The Labute approximate surface area is 107 Å². The second-order valence-electron chi connectivity index (χ2n) is 4.95. The second kappa shape index (κ2) is 4.79. The highest BCUT2D eigenvalue weighted by atomic mass is 35.5. The van der Waals surface area contributed by atoms with E-state index in [0.717, 1.165) is 18.7 Å². The molecule has 0 amide bonds. The van der Waals surface area contributed by atoms with Crippen molar-refractivity contribution in [1.82, 2.24) is 4.90 Å². The normalized spacial score (nSPS) is 21.0. The number of rotatable bonds is 1. The number of halogens is 2. The average molecular weight is 254 g/mol. The SMILES string of the molecule is CC(C)=C1CN(C)C[C@H]1c1ccc(Cl)c(F)c1. The standard InChI is InChI=1S/C14H17ClFN/c1-9(2)11-7-17(3)8-12(11)10-4-5-13(15)14(16)6-10/h4-6,12H,7-8H2,1-3H3/t12-/m0/s1. The van der Waals surface area contributed by atoms with Crippen molar-refractivity contribution in [2.24, 2.45) is 0 Å². The third-order valence-corrected chi connectivity index (χ3v) is 3.65. The van der Waals surface area contributed by atoms with Crippen LogP contribution < -0.4 is 0 Å². The van der Waals surface area contributed by atoms with E-state index < -0.39 is 0 Å². The Bertz CT molecular complexity index is 463. The quantitative estimate of drug-likeness (QED) is 0.688. The van der Waals surface area contributed by atoms with E-state index in [1.54, 1.807) is 12.1 Å². The van der Waals surface area contributed by atoms with Crippen LogP contribution in [-0.4, -0.2) is 25.0 Å². The first-order chi connectivity index (χ1) is 7.99. The lowest BCUT2D eigenvalue weighted by Crippen LogP contribution is -2.13. The van der Waals surface area contributed by atoms with Crippen LogP contribution in [0.15, 0.2) is 29.3 Å². The third kappa shape index (κ3) is 2.53. The Morgan fingerprint density at radius 3 is 2.71 bits per heavy atom. The van der Waals surface area contributed by atoms with Crippen LogP contribution in [0.2, 0.25) is 5.02 Å². The fourth-order valence-electron chi connectivity index (χ4n) is 2.43. The van der Waals surface area contributed by atoms with Crippen molar-refractivity contribution >= 4 is 11.6 Å². The van der Waals surface area contributed by atoms with E-state index in [0.29, 0.717) is 5.92 Å². The highest BCUT2D eigenvalue weighted by Gasteiger charge is 2.27. The molecule has 1 atom stereocenters. The summed E-state index contributed by atoms with van der Waals surface area (Å²) >= 11 is 5.72. The number of benzene rings is 1. The lowest BCUT2D eigenvalue weighted by atomic mass is 9.91. The Balaban J connectivity index is 2.39. The van der Waals surface area contributed by atoms with Gasteiger partial charge in [-0.15, -0.1) is 0 Å². The molecule has 3 heteroatoms. The lowest BCUT2D eigenvalue weighted by Gasteiger charge is -2.14. The summed E-state index contributed by atoms with van der Waals surface area (Å²) in [5, 5.41) is 0.193.